The maximum absolute atomic E-state index is 14.8. The number of esters is 1. The third-order valence-electron chi connectivity index (χ3n) is 6.61. The lowest BCUT2D eigenvalue weighted by Gasteiger charge is -2.28. The van der Waals surface area contributed by atoms with Gasteiger partial charge in [0.05, 0.1) is 19.1 Å². The van der Waals surface area contributed by atoms with E-state index in [1.54, 1.807) is 31.2 Å². The molecule has 8 heteroatoms. The molecule has 0 radical (unpaired) electrons. The number of carbonyl (C=O) groups excluding carboxylic acids is 1. The minimum absolute atomic E-state index is 0.0328. The average molecular weight is 517 g/mol. The quantitative estimate of drug-likeness (QED) is 0.176. The van der Waals surface area contributed by atoms with Crippen LogP contribution in [0.1, 0.15) is 51.0 Å². The van der Waals surface area contributed by atoms with Crippen molar-refractivity contribution in [1.82, 2.24) is 0 Å². The molecule has 0 spiro atoms. The van der Waals surface area contributed by atoms with Gasteiger partial charge in [0.1, 0.15) is 5.75 Å². The Hall–Kier alpha value is -3.55. The van der Waals surface area contributed by atoms with E-state index in [-0.39, 0.29) is 29.4 Å². The third-order valence-corrected chi connectivity index (χ3v) is 6.61. The number of hydrogen-bond donors (Lipinski definition) is 0. The van der Waals surface area contributed by atoms with Gasteiger partial charge in [-0.1, -0.05) is 18.2 Å². The first-order valence-electron chi connectivity index (χ1n) is 12.4. The minimum Gasteiger partial charge on any atom is -0.494 e. The molecule has 4 nitrogen and oxygen atoms in total. The van der Waals surface area contributed by atoms with Gasteiger partial charge in [0.15, 0.2) is 23.1 Å². The number of halogens is 4. The molecule has 0 heterocycles. The SMILES string of the molecule is CCOc1ccc(-c2ccc(OC(=O)C3CCC(c4ccc(OCC)c(F)c4F)CC3)c(F)c2F)cc1. The fourth-order valence-corrected chi connectivity index (χ4v) is 4.69. The lowest BCUT2D eigenvalue weighted by atomic mass is 9.78. The monoisotopic (exact) mass is 516 g/mol. The van der Waals surface area contributed by atoms with Crippen LogP contribution in [-0.2, 0) is 4.79 Å². The van der Waals surface area contributed by atoms with Crippen LogP contribution in [0.5, 0.6) is 17.2 Å². The molecule has 0 N–H and O–H groups in total. The Kier molecular flexibility index (Phi) is 8.36. The molecule has 0 aromatic heterocycles. The fraction of sp³-hybridized carbons (Fsp3) is 0.345. The van der Waals surface area contributed by atoms with Crippen molar-refractivity contribution in [3.8, 4) is 28.4 Å². The van der Waals surface area contributed by atoms with Gasteiger partial charge in [-0.25, -0.2) is 8.78 Å². The highest BCUT2D eigenvalue weighted by Gasteiger charge is 2.31. The highest BCUT2D eigenvalue weighted by atomic mass is 19.2. The van der Waals surface area contributed by atoms with Gasteiger partial charge >= 0.3 is 5.97 Å². The maximum Gasteiger partial charge on any atom is 0.314 e. The van der Waals surface area contributed by atoms with Crippen LogP contribution in [0.2, 0.25) is 0 Å². The Bertz CT molecular complexity index is 1250. The van der Waals surface area contributed by atoms with Crippen LogP contribution in [0, 0.1) is 29.2 Å². The van der Waals surface area contributed by atoms with E-state index in [4.69, 9.17) is 14.2 Å². The number of hydrogen-bond acceptors (Lipinski definition) is 4. The van der Waals surface area contributed by atoms with Gasteiger partial charge in [-0.15, -0.1) is 0 Å². The van der Waals surface area contributed by atoms with Crippen molar-refractivity contribution < 1.29 is 36.6 Å². The molecule has 0 atom stereocenters. The molecular weight excluding hydrogens is 488 g/mol. The van der Waals surface area contributed by atoms with Crippen molar-refractivity contribution in [2.45, 2.75) is 45.4 Å². The van der Waals surface area contributed by atoms with E-state index in [0.29, 0.717) is 43.6 Å². The largest absolute Gasteiger partial charge is 0.494 e. The van der Waals surface area contributed by atoms with Crippen molar-refractivity contribution in [3.05, 3.63) is 77.4 Å². The lowest BCUT2D eigenvalue weighted by molar-refractivity contribution is -0.140. The summed E-state index contributed by atoms with van der Waals surface area (Å²) in [6.07, 6.45) is 1.56. The van der Waals surface area contributed by atoms with Gasteiger partial charge in [0.25, 0.3) is 0 Å². The summed E-state index contributed by atoms with van der Waals surface area (Å²) in [5, 5.41) is 0. The van der Waals surface area contributed by atoms with Crippen molar-refractivity contribution in [2.75, 3.05) is 13.2 Å². The molecule has 0 bridgehead atoms. The van der Waals surface area contributed by atoms with Crippen LogP contribution in [-0.4, -0.2) is 19.2 Å². The maximum atomic E-state index is 14.8. The van der Waals surface area contributed by atoms with E-state index in [0.717, 1.165) is 0 Å². The summed E-state index contributed by atoms with van der Waals surface area (Å²) in [7, 11) is 0. The summed E-state index contributed by atoms with van der Waals surface area (Å²) in [5.74, 6) is -5.84. The van der Waals surface area contributed by atoms with Crippen molar-refractivity contribution >= 4 is 5.97 Å². The first kappa shape index (κ1) is 26.5. The zero-order chi connectivity index (χ0) is 26.5. The second kappa shape index (κ2) is 11.7. The van der Waals surface area contributed by atoms with E-state index < -0.39 is 40.9 Å². The zero-order valence-electron chi connectivity index (χ0n) is 20.7. The topological polar surface area (TPSA) is 44.8 Å². The number of ether oxygens (including phenoxy) is 3. The van der Waals surface area contributed by atoms with Gasteiger partial charge < -0.3 is 14.2 Å². The molecule has 3 aromatic carbocycles. The molecule has 1 fully saturated rings. The summed E-state index contributed by atoms with van der Waals surface area (Å²) in [6, 6.07) is 12.1. The van der Waals surface area contributed by atoms with E-state index in [1.165, 1.54) is 24.3 Å². The van der Waals surface area contributed by atoms with Crippen LogP contribution in [0.3, 0.4) is 0 Å². The Labute approximate surface area is 213 Å². The van der Waals surface area contributed by atoms with E-state index in [2.05, 4.69) is 0 Å². The average Bonchev–Trinajstić information content (AvgIpc) is 2.91. The Morgan fingerprint density at radius 3 is 2.00 bits per heavy atom. The Morgan fingerprint density at radius 1 is 0.730 bits per heavy atom. The molecule has 1 saturated carbocycles. The summed E-state index contributed by atoms with van der Waals surface area (Å²) in [5.41, 5.74) is 0.727. The normalized spacial score (nSPS) is 17.4. The van der Waals surface area contributed by atoms with Crippen LogP contribution >= 0.6 is 0 Å². The van der Waals surface area contributed by atoms with Crippen molar-refractivity contribution in [1.29, 1.82) is 0 Å². The molecule has 1 aliphatic rings. The van der Waals surface area contributed by atoms with Gasteiger partial charge in [-0.3, -0.25) is 4.79 Å². The zero-order valence-corrected chi connectivity index (χ0v) is 20.7. The molecule has 0 unspecified atom stereocenters. The van der Waals surface area contributed by atoms with Gasteiger partial charge in [-0.05, 0) is 86.9 Å². The first-order chi connectivity index (χ1) is 17.8. The van der Waals surface area contributed by atoms with Crippen LogP contribution < -0.4 is 14.2 Å². The summed E-state index contributed by atoms with van der Waals surface area (Å²) in [6.45, 7) is 4.23. The van der Waals surface area contributed by atoms with Crippen LogP contribution in [0.15, 0.2) is 48.5 Å². The van der Waals surface area contributed by atoms with Gasteiger partial charge in [0.2, 0.25) is 11.6 Å². The minimum atomic E-state index is -1.25. The van der Waals surface area contributed by atoms with Crippen molar-refractivity contribution in [2.24, 2.45) is 5.92 Å². The second-order valence-electron chi connectivity index (χ2n) is 8.88. The molecule has 1 aliphatic carbocycles. The molecule has 37 heavy (non-hydrogen) atoms. The predicted octanol–water partition coefficient (Wildman–Crippen LogP) is 7.59. The summed E-state index contributed by atoms with van der Waals surface area (Å²) in [4.78, 5) is 12.7. The third kappa shape index (κ3) is 5.73. The number of carbonyl (C=O) groups is 1. The molecular formula is C29H28F4O4. The Morgan fingerprint density at radius 2 is 1.35 bits per heavy atom. The predicted molar refractivity (Wildman–Crippen MR) is 131 cm³/mol. The van der Waals surface area contributed by atoms with E-state index in [1.807, 2.05) is 6.92 Å². The van der Waals surface area contributed by atoms with E-state index >= 15 is 0 Å². The van der Waals surface area contributed by atoms with Gasteiger partial charge in [0, 0.05) is 5.56 Å². The first-order valence-corrected chi connectivity index (χ1v) is 12.4. The molecule has 0 aliphatic heterocycles. The Balaban J connectivity index is 1.40. The number of benzene rings is 3. The highest BCUT2D eigenvalue weighted by molar-refractivity contribution is 5.76. The standard InChI is InChI=1S/C29H28F4O4/c1-3-35-20-11-9-18(10-12-20)22-14-16-24(28(33)26(22)31)37-29(34)19-7-5-17(6-8-19)21-13-15-23(36-4-2)27(32)25(21)30/h9-17,19H,3-8H2,1-2H3. The van der Waals surface area contributed by atoms with Gasteiger partial charge in [-0.2, -0.15) is 8.78 Å². The molecule has 0 saturated heterocycles. The molecule has 196 valence electrons. The van der Waals surface area contributed by atoms with E-state index in [9.17, 15) is 22.4 Å². The number of rotatable bonds is 8. The highest BCUT2D eigenvalue weighted by Crippen LogP contribution is 2.39. The molecule has 4 rings (SSSR count). The lowest BCUT2D eigenvalue weighted by Crippen LogP contribution is -2.26. The second-order valence-corrected chi connectivity index (χ2v) is 8.88. The molecule has 3 aromatic rings. The van der Waals surface area contributed by atoms with Crippen LogP contribution in [0.25, 0.3) is 11.1 Å². The fourth-order valence-electron chi connectivity index (χ4n) is 4.69. The van der Waals surface area contributed by atoms with Crippen molar-refractivity contribution in [3.63, 3.8) is 0 Å². The van der Waals surface area contributed by atoms with Crippen LogP contribution in [0.4, 0.5) is 17.6 Å². The summed E-state index contributed by atoms with van der Waals surface area (Å²) < 4.78 is 74.1. The molecule has 0 amide bonds. The smallest absolute Gasteiger partial charge is 0.314 e. The summed E-state index contributed by atoms with van der Waals surface area (Å²) >= 11 is 0.